The van der Waals surface area contributed by atoms with Crippen LogP contribution in [0, 0.1) is 0 Å². The van der Waals surface area contributed by atoms with Crippen molar-refractivity contribution in [2.45, 2.75) is 25.7 Å². The standard InChI is InChI=1S/C17H20N2O3/c1-21-14-8-7-12(11-15(14)22-2)10-13-17(20)19-9-5-3-4-6-16(19)18-13/h7-8,10-11H,3-6,9H2,1-2H3. The lowest BCUT2D eigenvalue weighted by Gasteiger charge is -2.14. The van der Waals surface area contributed by atoms with Crippen molar-refractivity contribution in [2.75, 3.05) is 20.8 Å². The summed E-state index contributed by atoms with van der Waals surface area (Å²) in [5, 5.41) is 0. The topological polar surface area (TPSA) is 51.1 Å². The molecule has 0 bridgehead atoms. The molecule has 1 aromatic carbocycles. The van der Waals surface area contributed by atoms with Gasteiger partial charge in [0.25, 0.3) is 5.91 Å². The largest absolute Gasteiger partial charge is 0.493 e. The van der Waals surface area contributed by atoms with Gasteiger partial charge in [0, 0.05) is 13.0 Å². The van der Waals surface area contributed by atoms with E-state index < -0.39 is 0 Å². The van der Waals surface area contributed by atoms with Crippen LogP contribution in [0.1, 0.15) is 31.2 Å². The molecular formula is C17H20N2O3. The molecule has 2 aliphatic rings. The van der Waals surface area contributed by atoms with Crippen LogP contribution >= 0.6 is 0 Å². The van der Waals surface area contributed by atoms with E-state index in [2.05, 4.69) is 4.99 Å². The number of amidine groups is 1. The van der Waals surface area contributed by atoms with E-state index >= 15 is 0 Å². The molecule has 0 radical (unpaired) electrons. The molecule has 2 aliphatic heterocycles. The molecule has 0 aromatic heterocycles. The Hall–Kier alpha value is -2.30. The molecule has 22 heavy (non-hydrogen) atoms. The summed E-state index contributed by atoms with van der Waals surface area (Å²) in [6.07, 6.45) is 6.01. The molecule has 1 aromatic rings. The smallest absolute Gasteiger partial charge is 0.277 e. The molecule has 5 nitrogen and oxygen atoms in total. The molecule has 0 spiro atoms. The van der Waals surface area contributed by atoms with Crippen molar-refractivity contribution in [1.29, 1.82) is 0 Å². The molecular weight excluding hydrogens is 280 g/mol. The highest BCUT2D eigenvalue weighted by Crippen LogP contribution is 2.30. The first-order valence-electron chi connectivity index (χ1n) is 7.56. The van der Waals surface area contributed by atoms with Gasteiger partial charge in [-0.1, -0.05) is 12.5 Å². The van der Waals surface area contributed by atoms with Gasteiger partial charge in [-0.3, -0.25) is 9.69 Å². The minimum Gasteiger partial charge on any atom is -0.493 e. The fourth-order valence-electron chi connectivity index (χ4n) is 2.85. The van der Waals surface area contributed by atoms with Crippen LogP contribution in [0.5, 0.6) is 11.5 Å². The number of hydrogen-bond acceptors (Lipinski definition) is 4. The molecule has 5 heteroatoms. The van der Waals surface area contributed by atoms with Crippen LogP contribution in [0.15, 0.2) is 28.9 Å². The summed E-state index contributed by atoms with van der Waals surface area (Å²) in [6, 6.07) is 5.57. The second-order valence-corrected chi connectivity index (χ2v) is 5.44. The van der Waals surface area contributed by atoms with Crippen LogP contribution in [0.4, 0.5) is 0 Å². The first kappa shape index (κ1) is 14.6. The molecule has 116 valence electrons. The van der Waals surface area contributed by atoms with E-state index in [9.17, 15) is 4.79 Å². The molecule has 0 unspecified atom stereocenters. The highest BCUT2D eigenvalue weighted by molar-refractivity contribution is 6.14. The lowest BCUT2D eigenvalue weighted by molar-refractivity contribution is -0.122. The molecule has 0 N–H and O–H groups in total. The van der Waals surface area contributed by atoms with E-state index in [1.807, 2.05) is 29.2 Å². The summed E-state index contributed by atoms with van der Waals surface area (Å²) in [7, 11) is 3.20. The average Bonchev–Trinajstić information content (AvgIpc) is 2.71. The van der Waals surface area contributed by atoms with Crippen LogP contribution in [0.2, 0.25) is 0 Å². The van der Waals surface area contributed by atoms with Crippen LogP contribution in [-0.4, -0.2) is 37.4 Å². The van der Waals surface area contributed by atoms with Gasteiger partial charge in [-0.15, -0.1) is 0 Å². The zero-order valence-corrected chi connectivity index (χ0v) is 13.0. The molecule has 2 heterocycles. The van der Waals surface area contributed by atoms with E-state index in [-0.39, 0.29) is 5.91 Å². The Morgan fingerprint density at radius 2 is 1.95 bits per heavy atom. The number of nitrogens with zero attached hydrogens (tertiary/aromatic N) is 2. The predicted molar refractivity (Wildman–Crippen MR) is 85.1 cm³/mol. The number of fused-ring (bicyclic) bond motifs is 1. The Labute approximate surface area is 130 Å². The van der Waals surface area contributed by atoms with Crippen LogP contribution in [0.25, 0.3) is 6.08 Å². The Morgan fingerprint density at radius 3 is 2.73 bits per heavy atom. The third-order valence-electron chi connectivity index (χ3n) is 4.02. The quantitative estimate of drug-likeness (QED) is 0.807. The summed E-state index contributed by atoms with van der Waals surface area (Å²) in [4.78, 5) is 18.8. The number of ether oxygens (including phenoxy) is 2. The number of amides is 1. The van der Waals surface area contributed by atoms with Gasteiger partial charge in [-0.2, -0.15) is 0 Å². The third-order valence-corrected chi connectivity index (χ3v) is 4.02. The van der Waals surface area contributed by atoms with Gasteiger partial charge in [0.15, 0.2) is 11.5 Å². The summed E-state index contributed by atoms with van der Waals surface area (Å²) in [5.41, 5.74) is 1.38. The average molecular weight is 300 g/mol. The van der Waals surface area contributed by atoms with Crippen molar-refractivity contribution in [3.8, 4) is 11.5 Å². The first-order chi connectivity index (χ1) is 10.7. The summed E-state index contributed by atoms with van der Waals surface area (Å²) in [5.74, 6) is 2.23. The van der Waals surface area contributed by atoms with Crippen molar-refractivity contribution in [3.63, 3.8) is 0 Å². The third kappa shape index (κ3) is 2.71. The van der Waals surface area contributed by atoms with Gasteiger partial charge in [0.05, 0.1) is 14.2 Å². The predicted octanol–water partition coefficient (Wildman–Crippen LogP) is 2.86. The van der Waals surface area contributed by atoms with Gasteiger partial charge < -0.3 is 9.47 Å². The summed E-state index contributed by atoms with van der Waals surface area (Å²) >= 11 is 0. The van der Waals surface area contributed by atoms with Gasteiger partial charge in [0.1, 0.15) is 11.5 Å². The van der Waals surface area contributed by atoms with Gasteiger partial charge in [-0.05, 0) is 36.6 Å². The Kier molecular flexibility index (Phi) is 4.13. The Bertz CT molecular complexity index is 649. The van der Waals surface area contributed by atoms with Crippen LogP contribution in [-0.2, 0) is 4.79 Å². The maximum Gasteiger partial charge on any atom is 0.277 e. The second-order valence-electron chi connectivity index (χ2n) is 5.44. The van der Waals surface area contributed by atoms with Crippen molar-refractivity contribution >= 4 is 17.8 Å². The molecule has 0 atom stereocenters. The first-order valence-corrected chi connectivity index (χ1v) is 7.56. The van der Waals surface area contributed by atoms with E-state index in [0.29, 0.717) is 17.2 Å². The number of carbonyl (C=O) groups is 1. The number of benzene rings is 1. The van der Waals surface area contributed by atoms with E-state index in [0.717, 1.165) is 43.6 Å². The highest BCUT2D eigenvalue weighted by Gasteiger charge is 2.30. The minimum absolute atomic E-state index is 0.00619. The number of hydrogen-bond donors (Lipinski definition) is 0. The summed E-state index contributed by atoms with van der Waals surface area (Å²) in [6.45, 7) is 0.779. The fraction of sp³-hybridized carbons (Fsp3) is 0.412. The van der Waals surface area contributed by atoms with E-state index in [1.54, 1.807) is 14.2 Å². The molecule has 1 amide bonds. The lowest BCUT2D eigenvalue weighted by atomic mass is 10.1. The van der Waals surface area contributed by atoms with Crippen molar-refractivity contribution in [2.24, 2.45) is 4.99 Å². The van der Waals surface area contributed by atoms with Crippen LogP contribution < -0.4 is 9.47 Å². The zero-order chi connectivity index (χ0) is 15.5. The Balaban J connectivity index is 1.90. The summed E-state index contributed by atoms with van der Waals surface area (Å²) < 4.78 is 10.5. The van der Waals surface area contributed by atoms with E-state index in [1.165, 1.54) is 0 Å². The molecule has 1 fully saturated rings. The van der Waals surface area contributed by atoms with Crippen molar-refractivity contribution in [3.05, 3.63) is 29.5 Å². The number of aliphatic imine (C=N–C) groups is 1. The second kappa shape index (κ2) is 6.22. The fourth-order valence-corrected chi connectivity index (χ4v) is 2.85. The van der Waals surface area contributed by atoms with Crippen molar-refractivity contribution in [1.82, 2.24) is 4.90 Å². The monoisotopic (exact) mass is 300 g/mol. The highest BCUT2D eigenvalue weighted by atomic mass is 16.5. The molecule has 0 saturated carbocycles. The lowest BCUT2D eigenvalue weighted by Crippen LogP contribution is -2.31. The van der Waals surface area contributed by atoms with Crippen molar-refractivity contribution < 1.29 is 14.3 Å². The van der Waals surface area contributed by atoms with E-state index in [4.69, 9.17) is 9.47 Å². The Morgan fingerprint density at radius 1 is 1.14 bits per heavy atom. The minimum atomic E-state index is 0.00619. The molecule has 1 saturated heterocycles. The molecule has 3 rings (SSSR count). The maximum atomic E-state index is 12.5. The zero-order valence-electron chi connectivity index (χ0n) is 13.0. The van der Waals surface area contributed by atoms with Gasteiger partial charge in [-0.25, -0.2) is 4.99 Å². The van der Waals surface area contributed by atoms with Crippen LogP contribution in [0.3, 0.4) is 0 Å². The van der Waals surface area contributed by atoms with Gasteiger partial charge >= 0.3 is 0 Å². The number of methoxy groups -OCH3 is 2. The van der Waals surface area contributed by atoms with Gasteiger partial charge in [0.2, 0.25) is 0 Å². The normalized spacial score (nSPS) is 19.7. The SMILES string of the molecule is COc1ccc(C=C2N=C3CCCCCN3C2=O)cc1OC. The maximum absolute atomic E-state index is 12.5. The molecule has 0 aliphatic carbocycles. The number of rotatable bonds is 3. The number of carbonyl (C=O) groups excluding carboxylic acids is 1.